The van der Waals surface area contributed by atoms with E-state index >= 15 is 0 Å². The molecule has 0 spiro atoms. The molecule has 1 N–H and O–H groups in total. The molecule has 0 bridgehead atoms. The maximum atomic E-state index is 12.9. The molecule has 8 heteroatoms. The summed E-state index contributed by atoms with van der Waals surface area (Å²) in [6.07, 6.45) is -2.41. The third-order valence-corrected chi connectivity index (χ3v) is 3.28. The van der Waals surface area contributed by atoms with Gasteiger partial charge in [-0.3, -0.25) is 0 Å². The van der Waals surface area contributed by atoms with E-state index < -0.39 is 17.7 Å². The van der Waals surface area contributed by atoms with E-state index in [1.165, 1.54) is 12.3 Å². The summed E-state index contributed by atoms with van der Waals surface area (Å²) >= 11 is 0. The van der Waals surface area contributed by atoms with Crippen LogP contribution in [-0.2, 0) is 15.7 Å². The number of nitrogens with zero attached hydrogens (tertiary/aromatic N) is 2. The summed E-state index contributed by atoms with van der Waals surface area (Å²) in [5.41, 5.74) is -0.755. The van der Waals surface area contributed by atoms with Gasteiger partial charge in [0, 0.05) is 19.3 Å². The Labute approximate surface area is 119 Å². The van der Waals surface area contributed by atoms with Crippen LogP contribution in [0.25, 0.3) is 0 Å². The zero-order chi connectivity index (χ0) is 15.5. The van der Waals surface area contributed by atoms with Crippen molar-refractivity contribution in [3.63, 3.8) is 0 Å². The number of halogens is 3. The molecule has 1 aromatic rings. The van der Waals surface area contributed by atoms with Crippen LogP contribution in [0, 0.1) is 0 Å². The van der Waals surface area contributed by atoms with Crippen molar-refractivity contribution in [3.05, 3.63) is 23.9 Å². The molecule has 2 heterocycles. The largest absolute Gasteiger partial charge is 0.480 e. The molecule has 0 radical (unpaired) electrons. The van der Waals surface area contributed by atoms with Gasteiger partial charge in [0.15, 0.2) is 0 Å². The molecule has 1 saturated heterocycles. The predicted molar refractivity (Wildman–Crippen MR) is 68.1 cm³/mol. The zero-order valence-electron chi connectivity index (χ0n) is 11.1. The number of hydrogen-bond acceptors (Lipinski definition) is 4. The number of aliphatic carboxylic acids is 1. The Morgan fingerprint density at radius 3 is 2.67 bits per heavy atom. The Hall–Kier alpha value is -1.83. The van der Waals surface area contributed by atoms with Crippen LogP contribution in [0.2, 0.25) is 0 Å². The summed E-state index contributed by atoms with van der Waals surface area (Å²) in [5, 5.41) is 8.53. The lowest BCUT2D eigenvalue weighted by Gasteiger charge is -2.33. The third kappa shape index (κ3) is 4.07. The van der Waals surface area contributed by atoms with Crippen LogP contribution in [0.1, 0.15) is 18.4 Å². The zero-order valence-corrected chi connectivity index (χ0v) is 11.1. The van der Waals surface area contributed by atoms with Gasteiger partial charge in [-0.25, -0.2) is 9.78 Å². The number of piperidine rings is 1. The van der Waals surface area contributed by atoms with Crippen molar-refractivity contribution >= 4 is 11.8 Å². The number of ether oxygens (including phenoxy) is 1. The number of rotatable bonds is 4. The van der Waals surface area contributed by atoms with Crippen molar-refractivity contribution in [2.24, 2.45) is 0 Å². The van der Waals surface area contributed by atoms with Crippen LogP contribution >= 0.6 is 0 Å². The fraction of sp³-hybridized carbons (Fsp3) is 0.538. The highest BCUT2D eigenvalue weighted by atomic mass is 19.4. The average molecular weight is 304 g/mol. The molecule has 0 saturated carbocycles. The minimum absolute atomic E-state index is 0.0818. The smallest absolute Gasteiger partial charge is 0.419 e. The monoisotopic (exact) mass is 304 g/mol. The molecule has 0 amide bonds. The molecular weight excluding hydrogens is 289 g/mol. The summed E-state index contributed by atoms with van der Waals surface area (Å²) in [6.45, 7) is 0.316. The second-order valence-electron chi connectivity index (χ2n) is 4.76. The molecule has 1 aromatic heterocycles. The maximum Gasteiger partial charge on any atom is 0.419 e. The first kappa shape index (κ1) is 15.6. The molecule has 0 aliphatic carbocycles. The van der Waals surface area contributed by atoms with Crippen LogP contribution < -0.4 is 4.90 Å². The lowest BCUT2D eigenvalue weighted by atomic mass is 10.1. The van der Waals surface area contributed by atoms with Gasteiger partial charge >= 0.3 is 12.1 Å². The van der Waals surface area contributed by atoms with E-state index in [0.29, 0.717) is 25.9 Å². The van der Waals surface area contributed by atoms with Crippen molar-refractivity contribution < 1.29 is 27.8 Å². The highest BCUT2D eigenvalue weighted by molar-refractivity contribution is 5.68. The van der Waals surface area contributed by atoms with Gasteiger partial charge in [0.1, 0.15) is 12.4 Å². The van der Waals surface area contributed by atoms with Gasteiger partial charge in [-0.2, -0.15) is 13.2 Å². The molecule has 116 valence electrons. The normalized spacial score (nSPS) is 17.0. The molecular formula is C13H15F3N2O3. The Kier molecular flexibility index (Phi) is 4.66. The Bertz CT molecular complexity index is 500. The minimum Gasteiger partial charge on any atom is -0.480 e. The number of carboxylic acids is 1. The summed E-state index contributed by atoms with van der Waals surface area (Å²) < 4.78 is 44.0. The standard InChI is InChI=1S/C13H15F3N2O3/c14-13(15,16)10-2-1-5-17-12(10)18-6-3-9(4-7-18)21-8-11(19)20/h1-2,5,9H,3-4,6-8H2,(H,19,20). The summed E-state index contributed by atoms with van der Waals surface area (Å²) in [5.74, 6) is -1.14. The average Bonchev–Trinajstić information content (AvgIpc) is 2.45. The maximum absolute atomic E-state index is 12.9. The lowest BCUT2D eigenvalue weighted by molar-refractivity contribution is -0.145. The summed E-state index contributed by atoms with van der Waals surface area (Å²) in [6, 6.07) is 2.27. The first-order valence-corrected chi connectivity index (χ1v) is 6.48. The van der Waals surface area contributed by atoms with Crippen molar-refractivity contribution in [3.8, 4) is 0 Å². The van der Waals surface area contributed by atoms with Crippen molar-refractivity contribution in [2.75, 3.05) is 24.6 Å². The van der Waals surface area contributed by atoms with E-state index in [1.54, 1.807) is 4.90 Å². The second-order valence-corrected chi connectivity index (χ2v) is 4.76. The van der Waals surface area contributed by atoms with Crippen molar-refractivity contribution in [1.82, 2.24) is 4.98 Å². The van der Waals surface area contributed by atoms with Crippen LogP contribution in [0.5, 0.6) is 0 Å². The highest BCUT2D eigenvalue weighted by Crippen LogP contribution is 2.36. The molecule has 5 nitrogen and oxygen atoms in total. The van der Waals surface area contributed by atoms with Crippen LogP contribution in [0.4, 0.5) is 19.0 Å². The van der Waals surface area contributed by atoms with Gasteiger partial charge in [-0.15, -0.1) is 0 Å². The Balaban J connectivity index is 2.01. The predicted octanol–water partition coefficient (Wildman–Crippen LogP) is 2.17. The van der Waals surface area contributed by atoms with Crippen molar-refractivity contribution in [1.29, 1.82) is 0 Å². The molecule has 0 atom stereocenters. The molecule has 21 heavy (non-hydrogen) atoms. The van der Waals surface area contributed by atoms with E-state index in [-0.39, 0.29) is 18.5 Å². The number of hydrogen-bond donors (Lipinski definition) is 1. The molecule has 1 fully saturated rings. The Morgan fingerprint density at radius 1 is 1.43 bits per heavy atom. The molecule has 1 aliphatic heterocycles. The quantitative estimate of drug-likeness (QED) is 0.923. The van der Waals surface area contributed by atoms with Crippen LogP contribution in [0.15, 0.2) is 18.3 Å². The van der Waals surface area contributed by atoms with E-state index in [2.05, 4.69) is 4.98 Å². The number of carbonyl (C=O) groups is 1. The fourth-order valence-electron chi connectivity index (χ4n) is 2.29. The fourth-order valence-corrected chi connectivity index (χ4v) is 2.29. The van der Waals surface area contributed by atoms with Gasteiger partial charge in [0.2, 0.25) is 0 Å². The van der Waals surface area contributed by atoms with E-state index in [0.717, 1.165) is 6.07 Å². The molecule has 2 rings (SSSR count). The minimum atomic E-state index is -4.44. The molecule has 0 unspecified atom stereocenters. The van der Waals surface area contributed by atoms with Crippen LogP contribution in [0.3, 0.4) is 0 Å². The van der Waals surface area contributed by atoms with E-state index in [9.17, 15) is 18.0 Å². The summed E-state index contributed by atoms with van der Waals surface area (Å²) in [7, 11) is 0. The number of carboxylic acid groups (broad SMARTS) is 1. The van der Waals surface area contributed by atoms with Crippen LogP contribution in [-0.4, -0.2) is 41.9 Å². The van der Waals surface area contributed by atoms with E-state index in [4.69, 9.17) is 9.84 Å². The highest BCUT2D eigenvalue weighted by Gasteiger charge is 2.36. The van der Waals surface area contributed by atoms with E-state index in [1.807, 2.05) is 0 Å². The first-order valence-electron chi connectivity index (χ1n) is 6.48. The second kappa shape index (κ2) is 6.30. The van der Waals surface area contributed by atoms with Gasteiger partial charge in [0.25, 0.3) is 0 Å². The Morgan fingerprint density at radius 2 is 2.10 bits per heavy atom. The number of anilines is 1. The summed E-state index contributed by atoms with van der Waals surface area (Å²) in [4.78, 5) is 15.8. The van der Waals surface area contributed by atoms with Gasteiger partial charge in [-0.1, -0.05) is 0 Å². The first-order chi connectivity index (χ1) is 9.88. The number of aromatic nitrogens is 1. The number of alkyl halides is 3. The lowest BCUT2D eigenvalue weighted by Crippen LogP contribution is -2.39. The SMILES string of the molecule is O=C(O)COC1CCN(c2ncccc2C(F)(F)F)CC1. The van der Waals surface area contributed by atoms with Gasteiger partial charge in [0.05, 0.1) is 11.7 Å². The van der Waals surface area contributed by atoms with Gasteiger partial charge in [-0.05, 0) is 25.0 Å². The third-order valence-electron chi connectivity index (χ3n) is 3.28. The van der Waals surface area contributed by atoms with Crippen molar-refractivity contribution in [2.45, 2.75) is 25.1 Å². The number of pyridine rings is 1. The molecule has 0 aromatic carbocycles. The topological polar surface area (TPSA) is 62.7 Å². The molecule has 1 aliphatic rings. The van der Waals surface area contributed by atoms with Gasteiger partial charge < -0.3 is 14.7 Å².